The highest BCUT2D eigenvalue weighted by Crippen LogP contribution is 2.38. The van der Waals surface area contributed by atoms with Gasteiger partial charge >= 0.3 is 0 Å². The fourth-order valence-corrected chi connectivity index (χ4v) is 4.44. The Labute approximate surface area is 171 Å². The van der Waals surface area contributed by atoms with Crippen molar-refractivity contribution in [1.29, 1.82) is 0 Å². The summed E-state index contributed by atoms with van der Waals surface area (Å²) < 4.78 is 5.95. The van der Waals surface area contributed by atoms with Crippen LogP contribution in [0.4, 0.5) is 5.69 Å². The van der Waals surface area contributed by atoms with Crippen LogP contribution < -0.4 is 9.64 Å². The fourth-order valence-electron chi connectivity index (χ4n) is 3.02. The number of nitrogens with zero attached hydrogens (tertiary/aromatic N) is 1. The maximum atomic E-state index is 13.0. The number of thiocarbonyl (C=S) groups is 1. The molecule has 3 nitrogen and oxygen atoms in total. The van der Waals surface area contributed by atoms with E-state index in [1.165, 1.54) is 16.7 Å². The highest BCUT2D eigenvalue weighted by atomic mass is 35.5. The Hall–Kier alpha value is -2.34. The van der Waals surface area contributed by atoms with Crippen molar-refractivity contribution in [3.05, 3.63) is 76.2 Å². The fraction of sp³-hybridized carbons (Fsp3) is 0.0476. The monoisotopic (exact) mass is 411 g/mol. The standard InChI is InChI=1S/C21H14ClNO2S2/c1-25-18-11-6-13(16-4-2-3-5-17(16)18)12-19-20(24)23(21(26)27-19)15-9-7-14(22)8-10-15/h2-12H,1H3/b19-12-. The minimum absolute atomic E-state index is 0.132. The number of anilines is 1. The van der Waals surface area contributed by atoms with Gasteiger partial charge in [-0.3, -0.25) is 9.69 Å². The molecule has 0 saturated carbocycles. The molecule has 6 heteroatoms. The summed E-state index contributed by atoms with van der Waals surface area (Å²) in [7, 11) is 1.65. The second kappa shape index (κ2) is 7.35. The lowest BCUT2D eigenvalue weighted by atomic mass is 10.0. The Morgan fingerprint density at radius 3 is 2.44 bits per heavy atom. The van der Waals surface area contributed by atoms with Gasteiger partial charge in [-0.2, -0.15) is 0 Å². The van der Waals surface area contributed by atoms with E-state index >= 15 is 0 Å². The molecule has 0 radical (unpaired) electrons. The molecule has 1 saturated heterocycles. The van der Waals surface area contributed by atoms with Crippen molar-refractivity contribution in [2.75, 3.05) is 12.0 Å². The van der Waals surface area contributed by atoms with Crippen LogP contribution >= 0.6 is 35.6 Å². The second-order valence-electron chi connectivity index (χ2n) is 5.90. The molecule has 1 fully saturated rings. The lowest BCUT2D eigenvalue weighted by molar-refractivity contribution is -0.113. The molecule has 3 aromatic rings. The van der Waals surface area contributed by atoms with E-state index in [-0.39, 0.29) is 5.91 Å². The summed E-state index contributed by atoms with van der Waals surface area (Å²) >= 11 is 12.7. The van der Waals surface area contributed by atoms with Gasteiger partial charge in [-0.05, 0) is 47.4 Å². The minimum atomic E-state index is -0.132. The van der Waals surface area contributed by atoms with E-state index < -0.39 is 0 Å². The van der Waals surface area contributed by atoms with E-state index in [0.29, 0.717) is 19.9 Å². The molecule has 0 aromatic heterocycles. The van der Waals surface area contributed by atoms with E-state index in [1.54, 1.807) is 31.4 Å². The van der Waals surface area contributed by atoms with Crippen LogP contribution in [0.5, 0.6) is 5.75 Å². The van der Waals surface area contributed by atoms with Gasteiger partial charge in [0, 0.05) is 10.4 Å². The SMILES string of the molecule is COc1ccc(/C=C2\SC(=S)N(c3ccc(Cl)cc3)C2=O)c2ccccc12. The van der Waals surface area contributed by atoms with Crippen molar-refractivity contribution in [1.82, 2.24) is 0 Å². The number of amides is 1. The van der Waals surface area contributed by atoms with Gasteiger partial charge in [0.2, 0.25) is 0 Å². The zero-order valence-electron chi connectivity index (χ0n) is 14.3. The predicted molar refractivity (Wildman–Crippen MR) is 118 cm³/mol. The minimum Gasteiger partial charge on any atom is -0.496 e. The number of ether oxygens (including phenoxy) is 1. The summed E-state index contributed by atoms with van der Waals surface area (Å²) in [6.07, 6.45) is 1.89. The van der Waals surface area contributed by atoms with Crippen molar-refractivity contribution < 1.29 is 9.53 Å². The third-order valence-corrected chi connectivity index (χ3v) is 5.86. The molecule has 1 aliphatic rings. The number of rotatable bonds is 3. The van der Waals surface area contributed by atoms with Gasteiger partial charge in [-0.25, -0.2) is 0 Å². The normalized spacial score (nSPS) is 15.8. The smallest absolute Gasteiger partial charge is 0.270 e. The molecule has 0 spiro atoms. The average Bonchev–Trinajstić information content (AvgIpc) is 2.96. The van der Waals surface area contributed by atoms with Gasteiger partial charge < -0.3 is 4.74 Å². The van der Waals surface area contributed by atoms with E-state index in [2.05, 4.69) is 0 Å². The quantitative estimate of drug-likeness (QED) is 0.396. The molecular weight excluding hydrogens is 398 g/mol. The van der Waals surface area contributed by atoms with Crippen LogP contribution in [0.1, 0.15) is 5.56 Å². The van der Waals surface area contributed by atoms with E-state index in [9.17, 15) is 4.79 Å². The van der Waals surface area contributed by atoms with Crippen molar-refractivity contribution in [2.24, 2.45) is 0 Å². The topological polar surface area (TPSA) is 29.5 Å². The molecule has 4 rings (SSSR count). The maximum Gasteiger partial charge on any atom is 0.270 e. The number of hydrogen-bond donors (Lipinski definition) is 0. The van der Waals surface area contributed by atoms with Gasteiger partial charge in [0.25, 0.3) is 5.91 Å². The molecule has 1 aliphatic heterocycles. The van der Waals surface area contributed by atoms with E-state index in [4.69, 9.17) is 28.6 Å². The van der Waals surface area contributed by atoms with Crippen LogP contribution in [0.25, 0.3) is 16.8 Å². The van der Waals surface area contributed by atoms with Crippen LogP contribution in [0.3, 0.4) is 0 Å². The Morgan fingerprint density at radius 2 is 1.74 bits per heavy atom. The maximum absolute atomic E-state index is 13.0. The molecule has 27 heavy (non-hydrogen) atoms. The van der Waals surface area contributed by atoms with Crippen molar-refractivity contribution >= 4 is 68.3 Å². The molecular formula is C21H14ClNO2S2. The van der Waals surface area contributed by atoms with Crippen LogP contribution in [0, 0.1) is 0 Å². The predicted octanol–water partition coefficient (Wildman–Crippen LogP) is 5.91. The zero-order chi connectivity index (χ0) is 19.0. The molecule has 134 valence electrons. The number of carbonyl (C=O) groups is 1. The van der Waals surface area contributed by atoms with Crippen molar-refractivity contribution in [3.8, 4) is 5.75 Å². The van der Waals surface area contributed by atoms with Gasteiger partial charge in [0.15, 0.2) is 4.32 Å². The van der Waals surface area contributed by atoms with Crippen molar-refractivity contribution in [3.63, 3.8) is 0 Å². The largest absolute Gasteiger partial charge is 0.496 e. The van der Waals surface area contributed by atoms with Crippen LogP contribution in [-0.2, 0) is 4.79 Å². The van der Waals surface area contributed by atoms with E-state index in [1.807, 2.05) is 42.5 Å². The van der Waals surface area contributed by atoms with Gasteiger partial charge in [0.05, 0.1) is 17.7 Å². The Bertz CT molecular complexity index is 1090. The number of carbonyl (C=O) groups excluding carboxylic acids is 1. The first-order valence-corrected chi connectivity index (χ1v) is 9.78. The number of thioether (sulfide) groups is 1. The molecule has 0 aliphatic carbocycles. The number of hydrogen-bond acceptors (Lipinski definition) is 4. The van der Waals surface area contributed by atoms with Gasteiger partial charge in [-0.1, -0.05) is 65.9 Å². The first-order chi connectivity index (χ1) is 13.1. The second-order valence-corrected chi connectivity index (χ2v) is 8.01. The molecule has 0 N–H and O–H groups in total. The lowest BCUT2D eigenvalue weighted by Crippen LogP contribution is -2.27. The number of fused-ring (bicyclic) bond motifs is 1. The number of benzene rings is 3. The highest BCUT2D eigenvalue weighted by Gasteiger charge is 2.33. The summed E-state index contributed by atoms with van der Waals surface area (Å²) in [5.74, 6) is 0.670. The molecule has 0 bridgehead atoms. The Kier molecular flexibility index (Phi) is 4.91. The third-order valence-electron chi connectivity index (χ3n) is 4.30. The van der Waals surface area contributed by atoms with Crippen LogP contribution in [-0.4, -0.2) is 17.3 Å². The molecule has 1 heterocycles. The lowest BCUT2D eigenvalue weighted by Gasteiger charge is -2.14. The first-order valence-electron chi connectivity index (χ1n) is 8.18. The van der Waals surface area contributed by atoms with Gasteiger partial charge in [0.1, 0.15) is 5.75 Å². The average molecular weight is 412 g/mol. The number of methoxy groups -OCH3 is 1. The summed E-state index contributed by atoms with van der Waals surface area (Å²) in [6.45, 7) is 0. The Balaban J connectivity index is 1.75. The van der Waals surface area contributed by atoms with Crippen LogP contribution in [0.15, 0.2) is 65.6 Å². The number of halogens is 1. The van der Waals surface area contributed by atoms with E-state index in [0.717, 1.165) is 22.1 Å². The molecule has 3 aromatic carbocycles. The van der Waals surface area contributed by atoms with Crippen LogP contribution in [0.2, 0.25) is 5.02 Å². The van der Waals surface area contributed by atoms with Crippen molar-refractivity contribution in [2.45, 2.75) is 0 Å². The highest BCUT2D eigenvalue weighted by molar-refractivity contribution is 8.27. The zero-order valence-corrected chi connectivity index (χ0v) is 16.7. The summed E-state index contributed by atoms with van der Waals surface area (Å²) in [5, 5.41) is 2.64. The third kappa shape index (κ3) is 3.34. The first kappa shape index (κ1) is 18.0. The molecule has 0 atom stereocenters. The Morgan fingerprint density at radius 1 is 1.04 bits per heavy atom. The summed E-state index contributed by atoms with van der Waals surface area (Å²) in [5.41, 5.74) is 1.66. The summed E-state index contributed by atoms with van der Waals surface area (Å²) in [4.78, 5) is 15.1. The summed E-state index contributed by atoms with van der Waals surface area (Å²) in [6, 6.07) is 18.9. The molecule has 0 unspecified atom stereocenters. The molecule has 1 amide bonds. The van der Waals surface area contributed by atoms with Gasteiger partial charge in [-0.15, -0.1) is 0 Å².